The smallest absolute Gasteiger partial charge is 0.104 e. The molecule has 2 aromatic carbocycles. The SMILES string of the molecule is Cc1c[nH]c2cccc(-c3cccc(C(N)=S)c3)c12. The Kier molecular flexibility index (Phi) is 2.84. The number of nitrogens with two attached hydrogens (primary N) is 1. The van der Waals surface area contributed by atoms with E-state index in [9.17, 15) is 0 Å². The molecule has 0 atom stereocenters. The summed E-state index contributed by atoms with van der Waals surface area (Å²) in [6.45, 7) is 2.11. The number of nitrogens with one attached hydrogen (secondary N) is 1. The highest BCUT2D eigenvalue weighted by Gasteiger charge is 2.08. The Morgan fingerprint density at radius 1 is 1.16 bits per heavy atom. The lowest BCUT2D eigenvalue weighted by Crippen LogP contribution is -2.08. The van der Waals surface area contributed by atoms with Crippen LogP contribution in [0.3, 0.4) is 0 Å². The van der Waals surface area contributed by atoms with E-state index in [1.807, 2.05) is 24.4 Å². The third-order valence-electron chi connectivity index (χ3n) is 3.36. The van der Waals surface area contributed by atoms with Gasteiger partial charge < -0.3 is 10.7 Å². The average molecular weight is 266 g/mol. The predicted molar refractivity (Wildman–Crippen MR) is 84.4 cm³/mol. The lowest BCUT2D eigenvalue weighted by atomic mass is 9.98. The summed E-state index contributed by atoms with van der Waals surface area (Å²) in [5.74, 6) is 0. The van der Waals surface area contributed by atoms with E-state index in [0.717, 1.165) is 16.6 Å². The van der Waals surface area contributed by atoms with Crippen molar-refractivity contribution in [2.75, 3.05) is 0 Å². The maximum Gasteiger partial charge on any atom is 0.104 e. The van der Waals surface area contributed by atoms with Crippen molar-refractivity contribution in [3.8, 4) is 11.1 Å². The van der Waals surface area contributed by atoms with E-state index in [0.29, 0.717) is 4.99 Å². The Bertz CT molecular complexity index is 771. The van der Waals surface area contributed by atoms with Crippen molar-refractivity contribution >= 4 is 28.1 Å². The summed E-state index contributed by atoms with van der Waals surface area (Å²) in [6.07, 6.45) is 2.03. The summed E-state index contributed by atoms with van der Waals surface area (Å²) < 4.78 is 0. The highest BCUT2D eigenvalue weighted by molar-refractivity contribution is 7.80. The first-order valence-corrected chi connectivity index (χ1v) is 6.54. The minimum Gasteiger partial charge on any atom is -0.389 e. The van der Waals surface area contributed by atoms with Gasteiger partial charge in [-0.2, -0.15) is 0 Å². The molecule has 0 saturated heterocycles. The number of hydrogen-bond acceptors (Lipinski definition) is 1. The second kappa shape index (κ2) is 4.52. The number of benzene rings is 2. The van der Waals surface area contributed by atoms with E-state index in [1.165, 1.54) is 16.5 Å². The molecule has 0 saturated carbocycles. The summed E-state index contributed by atoms with van der Waals surface area (Å²) in [7, 11) is 0. The number of thiocarbonyl (C=S) groups is 1. The monoisotopic (exact) mass is 266 g/mol. The second-order valence-electron chi connectivity index (χ2n) is 4.64. The third-order valence-corrected chi connectivity index (χ3v) is 3.60. The largest absolute Gasteiger partial charge is 0.389 e. The van der Waals surface area contributed by atoms with Gasteiger partial charge in [-0.15, -0.1) is 0 Å². The summed E-state index contributed by atoms with van der Waals surface area (Å²) in [5.41, 5.74) is 11.3. The van der Waals surface area contributed by atoms with E-state index in [2.05, 4.69) is 36.2 Å². The molecule has 0 bridgehead atoms. The van der Waals surface area contributed by atoms with Gasteiger partial charge in [0.15, 0.2) is 0 Å². The highest BCUT2D eigenvalue weighted by atomic mass is 32.1. The van der Waals surface area contributed by atoms with Gasteiger partial charge in [0.1, 0.15) is 4.99 Å². The van der Waals surface area contributed by atoms with Crippen LogP contribution in [0.2, 0.25) is 0 Å². The van der Waals surface area contributed by atoms with Crippen molar-refractivity contribution in [3.63, 3.8) is 0 Å². The fourth-order valence-corrected chi connectivity index (χ4v) is 2.56. The van der Waals surface area contributed by atoms with E-state index < -0.39 is 0 Å². The predicted octanol–water partition coefficient (Wildman–Crippen LogP) is 3.78. The third kappa shape index (κ3) is 2.02. The molecule has 3 rings (SSSR count). The van der Waals surface area contributed by atoms with Crippen LogP contribution in [-0.2, 0) is 0 Å². The van der Waals surface area contributed by atoms with Gasteiger partial charge in [-0.3, -0.25) is 0 Å². The average Bonchev–Trinajstić information content (AvgIpc) is 2.81. The van der Waals surface area contributed by atoms with Crippen molar-refractivity contribution in [3.05, 3.63) is 59.8 Å². The first-order valence-electron chi connectivity index (χ1n) is 6.14. The van der Waals surface area contributed by atoms with Gasteiger partial charge in [0, 0.05) is 22.7 Å². The lowest BCUT2D eigenvalue weighted by Gasteiger charge is -2.07. The van der Waals surface area contributed by atoms with Crippen LogP contribution in [0.1, 0.15) is 11.1 Å². The van der Waals surface area contributed by atoms with E-state index >= 15 is 0 Å². The number of H-pyrrole nitrogens is 1. The highest BCUT2D eigenvalue weighted by Crippen LogP contribution is 2.31. The maximum absolute atomic E-state index is 5.71. The minimum atomic E-state index is 0.430. The van der Waals surface area contributed by atoms with Crippen molar-refractivity contribution < 1.29 is 0 Å². The topological polar surface area (TPSA) is 41.8 Å². The normalized spacial score (nSPS) is 10.8. The van der Waals surface area contributed by atoms with Gasteiger partial charge in [0.2, 0.25) is 0 Å². The molecule has 0 aliphatic rings. The molecule has 94 valence electrons. The number of fused-ring (bicyclic) bond motifs is 1. The Morgan fingerprint density at radius 2 is 1.95 bits per heavy atom. The van der Waals surface area contributed by atoms with Crippen LogP contribution in [-0.4, -0.2) is 9.97 Å². The summed E-state index contributed by atoms with van der Waals surface area (Å²) in [5, 5.41) is 1.25. The Hall–Kier alpha value is -2.13. The number of aryl methyl sites for hydroxylation is 1. The molecule has 19 heavy (non-hydrogen) atoms. The zero-order valence-corrected chi connectivity index (χ0v) is 11.4. The molecule has 0 amide bonds. The zero-order valence-electron chi connectivity index (χ0n) is 10.6. The standard InChI is InChI=1S/C16H14N2S/c1-10-9-18-14-7-3-6-13(15(10)14)11-4-2-5-12(8-11)16(17)19/h2-9,18H,1H3,(H2,17,19). The molecular formula is C16H14N2S. The van der Waals surface area contributed by atoms with E-state index in [-0.39, 0.29) is 0 Å². The Balaban J connectivity index is 2.27. The number of hydrogen-bond donors (Lipinski definition) is 2. The molecule has 0 radical (unpaired) electrons. The quantitative estimate of drug-likeness (QED) is 0.693. The fourth-order valence-electron chi connectivity index (χ4n) is 2.44. The molecule has 3 aromatic rings. The number of aromatic nitrogens is 1. The van der Waals surface area contributed by atoms with Crippen molar-refractivity contribution in [1.82, 2.24) is 4.98 Å². The molecule has 0 unspecified atom stereocenters. The molecular weight excluding hydrogens is 252 g/mol. The molecule has 1 aromatic heterocycles. The van der Waals surface area contributed by atoms with Crippen molar-refractivity contribution in [2.45, 2.75) is 6.92 Å². The number of rotatable bonds is 2. The molecule has 3 N–H and O–H groups in total. The molecule has 0 aliphatic heterocycles. The van der Waals surface area contributed by atoms with E-state index in [4.69, 9.17) is 18.0 Å². The first kappa shape index (κ1) is 11.9. The Morgan fingerprint density at radius 3 is 2.74 bits per heavy atom. The Labute approximate surface area is 117 Å². The summed E-state index contributed by atoms with van der Waals surface area (Å²) in [4.78, 5) is 3.72. The van der Waals surface area contributed by atoms with Gasteiger partial charge in [0.05, 0.1) is 0 Å². The second-order valence-corrected chi connectivity index (χ2v) is 5.08. The molecule has 0 fully saturated rings. The van der Waals surface area contributed by atoms with Gasteiger partial charge in [-0.25, -0.2) is 0 Å². The van der Waals surface area contributed by atoms with E-state index in [1.54, 1.807) is 0 Å². The summed E-state index contributed by atoms with van der Waals surface area (Å²) >= 11 is 5.05. The fraction of sp³-hybridized carbons (Fsp3) is 0.0625. The van der Waals surface area contributed by atoms with Gasteiger partial charge in [-0.05, 0) is 35.7 Å². The van der Waals surface area contributed by atoms with Crippen LogP contribution in [0.25, 0.3) is 22.0 Å². The van der Waals surface area contributed by atoms with Gasteiger partial charge in [0.25, 0.3) is 0 Å². The van der Waals surface area contributed by atoms with Crippen molar-refractivity contribution in [1.29, 1.82) is 0 Å². The van der Waals surface area contributed by atoms with Crippen molar-refractivity contribution in [2.24, 2.45) is 5.73 Å². The molecule has 2 nitrogen and oxygen atoms in total. The molecule has 1 heterocycles. The van der Waals surface area contributed by atoms with Crippen LogP contribution < -0.4 is 5.73 Å². The molecule has 3 heteroatoms. The van der Waals surface area contributed by atoms with Crippen LogP contribution >= 0.6 is 12.2 Å². The van der Waals surface area contributed by atoms with Crippen LogP contribution in [0, 0.1) is 6.92 Å². The number of aromatic amines is 1. The van der Waals surface area contributed by atoms with Crippen LogP contribution in [0.5, 0.6) is 0 Å². The zero-order chi connectivity index (χ0) is 13.4. The van der Waals surface area contributed by atoms with Crippen LogP contribution in [0.15, 0.2) is 48.7 Å². The molecule has 0 spiro atoms. The lowest BCUT2D eigenvalue weighted by molar-refractivity contribution is 1.43. The van der Waals surface area contributed by atoms with Gasteiger partial charge >= 0.3 is 0 Å². The first-order chi connectivity index (χ1) is 9.16. The summed E-state index contributed by atoms with van der Waals surface area (Å²) in [6, 6.07) is 14.3. The van der Waals surface area contributed by atoms with Crippen LogP contribution in [0.4, 0.5) is 0 Å². The minimum absolute atomic E-state index is 0.430. The molecule has 0 aliphatic carbocycles. The maximum atomic E-state index is 5.71. The van der Waals surface area contributed by atoms with Gasteiger partial charge in [-0.1, -0.05) is 42.5 Å².